The van der Waals surface area contributed by atoms with Crippen LogP contribution in [0.15, 0.2) is 65.7 Å². The summed E-state index contributed by atoms with van der Waals surface area (Å²) in [5.74, 6) is -0.398. The van der Waals surface area contributed by atoms with Crippen molar-refractivity contribution in [2.75, 3.05) is 14.1 Å². The third kappa shape index (κ3) is 4.84. The van der Waals surface area contributed by atoms with Crippen LogP contribution in [-0.4, -0.2) is 49.8 Å². The molecule has 5 rings (SSSR count). The van der Waals surface area contributed by atoms with Crippen molar-refractivity contribution in [1.82, 2.24) is 29.4 Å². The normalized spacial score (nSPS) is 11.8. The van der Waals surface area contributed by atoms with Crippen LogP contribution in [0.2, 0.25) is 0 Å². The van der Waals surface area contributed by atoms with Crippen LogP contribution in [0.5, 0.6) is 0 Å². The van der Waals surface area contributed by atoms with Gasteiger partial charge in [-0.05, 0) is 30.2 Å². The van der Waals surface area contributed by atoms with Crippen LogP contribution < -0.4 is 0 Å². The fourth-order valence-electron chi connectivity index (χ4n) is 4.13. The molecule has 0 radical (unpaired) electrons. The lowest BCUT2D eigenvalue weighted by atomic mass is 10.1. The number of hydrogen-bond acceptors (Lipinski definition) is 4. The molecule has 1 N–H and O–H groups in total. The molecule has 0 bridgehead atoms. The maximum atomic E-state index is 14.7. The highest BCUT2D eigenvalue weighted by Gasteiger charge is 2.22. The van der Waals surface area contributed by atoms with Gasteiger partial charge in [-0.25, -0.2) is 28.7 Å². The van der Waals surface area contributed by atoms with Crippen LogP contribution in [0, 0.1) is 17.6 Å². The number of hydrogen-bond donors (Lipinski definition) is 1. The van der Waals surface area contributed by atoms with E-state index in [0.717, 1.165) is 5.56 Å². The number of fused-ring (bicyclic) bond motifs is 1. The van der Waals surface area contributed by atoms with E-state index in [0.29, 0.717) is 46.7 Å². The molecule has 9 heteroatoms. The number of rotatable bonds is 7. The highest BCUT2D eigenvalue weighted by molar-refractivity contribution is 5.84. The summed E-state index contributed by atoms with van der Waals surface area (Å²) in [6, 6.07) is 16.9. The second-order valence-corrected chi connectivity index (χ2v) is 9.44. The van der Waals surface area contributed by atoms with Gasteiger partial charge >= 0.3 is 0 Å². The Balaban J connectivity index is 1.72. The molecule has 188 valence electrons. The standard InChI is InChI=1S/C28H27F2N7/c1-17(2)15-37-27-22(33-28(37)31-16-36(3)4)14-13-21(32-27)25-24(18-9-6-5-7-10-18)34-26(35-25)23-19(29)11-8-12-20(23)30/h5-14,16-17H,15H2,1-4H3,(H,34,35)/b31-16-. The average molecular weight is 500 g/mol. The third-order valence-corrected chi connectivity index (χ3v) is 5.73. The van der Waals surface area contributed by atoms with Gasteiger partial charge in [0.05, 0.1) is 29.0 Å². The summed E-state index contributed by atoms with van der Waals surface area (Å²) >= 11 is 0. The van der Waals surface area contributed by atoms with Gasteiger partial charge in [0, 0.05) is 26.2 Å². The molecule has 0 amide bonds. The lowest BCUT2D eigenvalue weighted by Crippen LogP contribution is -2.09. The highest BCUT2D eigenvalue weighted by atomic mass is 19.1. The lowest BCUT2D eigenvalue weighted by molar-refractivity contribution is 0.532. The quantitative estimate of drug-likeness (QED) is 0.210. The predicted molar refractivity (Wildman–Crippen MR) is 143 cm³/mol. The van der Waals surface area contributed by atoms with Crippen molar-refractivity contribution in [3.8, 4) is 34.0 Å². The Morgan fingerprint density at radius 3 is 2.35 bits per heavy atom. The van der Waals surface area contributed by atoms with Gasteiger partial charge in [0.15, 0.2) is 5.65 Å². The van der Waals surface area contributed by atoms with Gasteiger partial charge in [-0.2, -0.15) is 0 Å². The van der Waals surface area contributed by atoms with Gasteiger partial charge in [-0.1, -0.05) is 50.2 Å². The van der Waals surface area contributed by atoms with Gasteiger partial charge in [-0.15, -0.1) is 0 Å². The summed E-state index contributed by atoms with van der Waals surface area (Å²) in [6.07, 6.45) is 1.70. The Morgan fingerprint density at radius 1 is 0.946 bits per heavy atom. The van der Waals surface area contributed by atoms with Crippen molar-refractivity contribution in [3.05, 3.63) is 72.3 Å². The van der Waals surface area contributed by atoms with Crippen LogP contribution in [0.25, 0.3) is 45.2 Å². The smallest absolute Gasteiger partial charge is 0.233 e. The van der Waals surface area contributed by atoms with Crippen molar-refractivity contribution in [3.63, 3.8) is 0 Å². The molecule has 3 heterocycles. The van der Waals surface area contributed by atoms with Crippen molar-refractivity contribution < 1.29 is 8.78 Å². The van der Waals surface area contributed by atoms with E-state index in [1.807, 2.05) is 66.0 Å². The van der Waals surface area contributed by atoms with E-state index in [1.165, 1.54) is 18.2 Å². The Kier molecular flexibility index (Phi) is 6.52. The van der Waals surface area contributed by atoms with Crippen molar-refractivity contribution in [2.45, 2.75) is 20.4 Å². The second kappa shape index (κ2) is 9.93. The van der Waals surface area contributed by atoms with Crippen LogP contribution >= 0.6 is 0 Å². The molecule has 0 aliphatic rings. The number of aromatic amines is 1. The molecule has 0 fully saturated rings. The number of halogens is 2. The number of nitrogens with zero attached hydrogens (tertiary/aromatic N) is 6. The molecule has 0 aliphatic heterocycles. The van der Waals surface area contributed by atoms with E-state index in [4.69, 9.17) is 4.98 Å². The minimum absolute atomic E-state index is 0.0957. The first-order valence-electron chi connectivity index (χ1n) is 12.0. The number of H-pyrrole nitrogens is 1. The Hall–Kier alpha value is -4.40. The minimum Gasteiger partial charge on any atom is -0.369 e. The molecule has 0 atom stereocenters. The summed E-state index contributed by atoms with van der Waals surface area (Å²) in [7, 11) is 3.79. The highest BCUT2D eigenvalue weighted by Crippen LogP contribution is 2.35. The molecule has 5 aromatic rings. The first-order chi connectivity index (χ1) is 17.8. The molecule has 3 aromatic heterocycles. The molecule has 0 saturated heterocycles. The summed E-state index contributed by atoms with van der Waals surface area (Å²) in [5, 5.41) is 0. The number of nitrogens with one attached hydrogen (secondary N) is 1. The molecule has 0 unspecified atom stereocenters. The molecule has 0 spiro atoms. The fraction of sp³-hybridized carbons (Fsp3) is 0.214. The molecule has 37 heavy (non-hydrogen) atoms. The molecular formula is C28H27F2N7. The fourth-order valence-corrected chi connectivity index (χ4v) is 4.13. The number of pyridine rings is 1. The predicted octanol–water partition coefficient (Wildman–Crippen LogP) is 6.31. The Labute approximate surface area is 213 Å². The first kappa shape index (κ1) is 24.3. The minimum atomic E-state index is -0.693. The van der Waals surface area contributed by atoms with E-state index >= 15 is 0 Å². The van der Waals surface area contributed by atoms with Gasteiger partial charge in [-0.3, -0.25) is 4.57 Å². The Morgan fingerprint density at radius 2 is 1.68 bits per heavy atom. The topological polar surface area (TPSA) is 75.0 Å². The third-order valence-electron chi connectivity index (χ3n) is 5.73. The lowest BCUT2D eigenvalue weighted by Gasteiger charge is -2.10. The Bertz CT molecular complexity index is 1560. The van der Waals surface area contributed by atoms with Gasteiger partial charge in [0.1, 0.15) is 23.0 Å². The number of imidazole rings is 2. The van der Waals surface area contributed by atoms with E-state index in [1.54, 1.807) is 6.34 Å². The molecular weight excluding hydrogens is 472 g/mol. The molecule has 0 saturated carbocycles. The van der Waals surface area contributed by atoms with Gasteiger partial charge < -0.3 is 9.88 Å². The zero-order valence-corrected chi connectivity index (χ0v) is 21.1. The van der Waals surface area contributed by atoms with E-state index in [-0.39, 0.29) is 11.4 Å². The maximum absolute atomic E-state index is 14.7. The van der Waals surface area contributed by atoms with Crippen LogP contribution in [0.3, 0.4) is 0 Å². The second-order valence-electron chi connectivity index (χ2n) is 9.44. The van der Waals surface area contributed by atoms with Crippen LogP contribution in [0.1, 0.15) is 13.8 Å². The average Bonchev–Trinajstić information content (AvgIpc) is 3.44. The van der Waals surface area contributed by atoms with Crippen LogP contribution in [0.4, 0.5) is 14.7 Å². The molecule has 7 nitrogen and oxygen atoms in total. The van der Waals surface area contributed by atoms with Gasteiger partial charge in [0.2, 0.25) is 5.95 Å². The molecule has 2 aromatic carbocycles. The number of aliphatic imine (C=N–C) groups is 1. The van der Waals surface area contributed by atoms with E-state index in [2.05, 4.69) is 33.8 Å². The molecule has 0 aliphatic carbocycles. The first-order valence-corrected chi connectivity index (χ1v) is 12.0. The van der Waals surface area contributed by atoms with E-state index < -0.39 is 11.6 Å². The largest absolute Gasteiger partial charge is 0.369 e. The van der Waals surface area contributed by atoms with Crippen LogP contribution in [-0.2, 0) is 6.54 Å². The summed E-state index contributed by atoms with van der Waals surface area (Å²) < 4.78 is 31.3. The summed E-state index contributed by atoms with van der Waals surface area (Å²) in [6.45, 7) is 4.91. The number of benzene rings is 2. The van der Waals surface area contributed by atoms with Crippen molar-refractivity contribution in [1.29, 1.82) is 0 Å². The summed E-state index contributed by atoms with van der Waals surface area (Å²) in [4.78, 5) is 23.8. The summed E-state index contributed by atoms with van der Waals surface area (Å²) in [5.41, 5.74) is 3.64. The zero-order chi connectivity index (χ0) is 26.1. The van der Waals surface area contributed by atoms with Crippen molar-refractivity contribution >= 4 is 23.5 Å². The monoisotopic (exact) mass is 499 g/mol. The van der Waals surface area contributed by atoms with Gasteiger partial charge in [0.25, 0.3) is 0 Å². The van der Waals surface area contributed by atoms with Crippen molar-refractivity contribution in [2.24, 2.45) is 10.9 Å². The zero-order valence-electron chi connectivity index (χ0n) is 21.1. The SMILES string of the molecule is CC(C)Cn1c(/N=C\N(C)C)nc2ccc(-c3[nH]c(-c4c(F)cccc4F)nc3-c3ccccc3)nc21. The van der Waals surface area contributed by atoms with E-state index in [9.17, 15) is 8.78 Å². The number of aromatic nitrogens is 5. The maximum Gasteiger partial charge on any atom is 0.233 e.